The van der Waals surface area contributed by atoms with Crippen molar-refractivity contribution in [1.82, 2.24) is 14.4 Å². The van der Waals surface area contributed by atoms with Crippen LogP contribution in [0.5, 0.6) is 11.5 Å². The van der Waals surface area contributed by atoms with E-state index in [-0.39, 0.29) is 5.56 Å². The summed E-state index contributed by atoms with van der Waals surface area (Å²) in [5.41, 5.74) is 1.64. The van der Waals surface area contributed by atoms with Crippen LogP contribution in [0, 0.1) is 6.92 Å². The summed E-state index contributed by atoms with van der Waals surface area (Å²) < 4.78 is 8.08. The summed E-state index contributed by atoms with van der Waals surface area (Å²) in [5, 5.41) is 3.11. The molecule has 152 valence electrons. The number of aryl methyl sites for hydroxylation is 1. The minimum Gasteiger partial charge on any atom is -0.457 e. The number of hydrogen-bond acceptors (Lipinski definition) is 6. The SMILES string of the molecule is Cc1ccc2ncc(C(=O)Nc3nc4ccc(Oc5ccccc5)cc4s3)c(=O)n2c1. The molecule has 3 heterocycles. The Kier molecular flexibility index (Phi) is 4.68. The van der Waals surface area contributed by atoms with Gasteiger partial charge in [0.2, 0.25) is 0 Å². The zero-order chi connectivity index (χ0) is 21.4. The predicted molar refractivity (Wildman–Crippen MR) is 120 cm³/mol. The van der Waals surface area contributed by atoms with E-state index in [9.17, 15) is 9.59 Å². The van der Waals surface area contributed by atoms with E-state index < -0.39 is 11.5 Å². The molecule has 1 amide bonds. The summed E-state index contributed by atoms with van der Waals surface area (Å²) in [7, 11) is 0. The molecule has 31 heavy (non-hydrogen) atoms. The Morgan fingerprint density at radius 3 is 2.74 bits per heavy atom. The molecule has 0 aliphatic rings. The average Bonchev–Trinajstić information content (AvgIpc) is 3.16. The maximum Gasteiger partial charge on any atom is 0.270 e. The Morgan fingerprint density at radius 2 is 1.90 bits per heavy atom. The molecule has 0 saturated heterocycles. The van der Waals surface area contributed by atoms with Crippen molar-refractivity contribution in [3.63, 3.8) is 0 Å². The highest BCUT2D eigenvalue weighted by molar-refractivity contribution is 7.22. The first-order valence-electron chi connectivity index (χ1n) is 9.50. The van der Waals surface area contributed by atoms with Gasteiger partial charge in [-0.3, -0.25) is 19.3 Å². The summed E-state index contributed by atoms with van der Waals surface area (Å²) in [4.78, 5) is 34.1. The number of nitrogens with zero attached hydrogens (tertiary/aromatic N) is 3. The van der Waals surface area contributed by atoms with Crippen molar-refractivity contribution in [3.8, 4) is 11.5 Å². The number of thiazole rings is 1. The van der Waals surface area contributed by atoms with Crippen molar-refractivity contribution in [1.29, 1.82) is 0 Å². The summed E-state index contributed by atoms with van der Waals surface area (Å²) in [6, 6.07) is 18.6. The zero-order valence-electron chi connectivity index (χ0n) is 16.4. The minimum absolute atomic E-state index is 0.0459. The molecule has 1 N–H and O–H groups in total. The molecule has 0 aliphatic carbocycles. The second kappa shape index (κ2) is 7.66. The smallest absolute Gasteiger partial charge is 0.270 e. The molecule has 0 saturated carbocycles. The topological polar surface area (TPSA) is 85.6 Å². The Morgan fingerprint density at radius 1 is 1.06 bits per heavy atom. The number of fused-ring (bicyclic) bond motifs is 2. The van der Waals surface area contributed by atoms with Crippen LogP contribution in [0.3, 0.4) is 0 Å². The number of aromatic nitrogens is 3. The van der Waals surface area contributed by atoms with E-state index in [1.54, 1.807) is 12.3 Å². The van der Waals surface area contributed by atoms with Crippen molar-refractivity contribution < 1.29 is 9.53 Å². The molecule has 8 heteroatoms. The van der Waals surface area contributed by atoms with Crippen LogP contribution in [-0.2, 0) is 0 Å². The summed E-state index contributed by atoms with van der Waals surface area (Å²) >= 11 is 1.30. The summed E-state index contributed by atoms with van der Waals surface area (Å²) in [5.74, 6) is 0.861. The average molecular weight is 428 g/mol. The van der Waals surface area contributed by atoms with Crippen molar-refractivity contribution in [3.05, 3.63) is 94.5 Å². The predicted octanol–water partition coefficient (Wildman–Crippen LogP) is 4.66. The zero-order valence-corrected chi connectivity index (χ0v) is 17.2. The van der Waals surface area contributed by atoms with E-state index in [1.165, 1.54) is 21.9 Å². The Hall–Kier alpha value is -4.04. The van der Waals surface area contributed by atoms with Gasteiger partial charge >= 0.3 is 0 Å². The fourth-order valence-electron chi connectivity index (χ4n) is 3.15. The van der Waals surface area contributed by atoms with E-state index in [1.807, 2.05) is 61.5 Å². The standard InChI is InChI=1S/C23H16N4O3S/c1-14-7-10-20-24-12-17(22(29)27(20)13-14)21(28)26-23-25-18-9-8-16(11-19(18)31-23)30-15-5-3-2-4-6-15/h2-13H,1H3,(H,25,26,28). The molecule has 0 bridgehead atoms. The lowest BCUT2D eigenvalue weighted by Gasteiger charge is -2.04. The Bertz CT molecular complexity index is 1490. The van der Waals surface area contributed by atoms with Gasteiger partial charge in [-0.1, -0.05) is 35.6 Å². The lowest BCUT2D eigenvalue weighted by molar-refractivity contribution is 0.102. The van der Waals surface area contributed by atoms with Gasteiger partial charge in [-0.25, -0.2) is 9.97 Å². The molecule has 0 atom stereocenters. The van der Waals surface area contributed by atoms with E-state index in [2.05, 4.69) is 15.3 Å². The fourth-order valence-corrected chi connectivity index (χ4v) is 4.04. The van der Waals surface area contributed by atoms with Crippen LogP contribution >= 0.6 is 11.3 Å². The van der Waals surface area contributed by atoms with Gasteiger partial charge in [0.1, 0.15) is 22.7 Å². The van der Waals surface area contributed by atoms with Crippen LogP contribution in [0.1, 0.15) is 15.9 Å². The second-order valence-electron chi connectivity index (χ2n) is 6.93. The van der Waals surface area contributed by atoms with E-state index in [0.717, 1.165) is 21.5 Å². The van der Waals surface area contributed by atoms with Crippen molar-refractivity contribution in [2.45, 2.75) is 6.92 Å². The fraction of sp³-hybridized carbons (Fsp3) is 0.0435. The van der Waals surface area contributed by atoms with Crippen LogP contribution in [0.4, 0.5) is 5.13 Å². The summed E-state index contributed by atoms with van der Waals surface area (Å²) in [6.07, 6.45) is 2.95. The number of pyridine rings is 1. The highest BCUT2D eigenvalue weighted by atomic mass is 32.1. The second-order valence-corrected chi connectivity index (χ2v) is 7.96. The van der Waals surface area contributed by atoms with Crippen LogP contribution in [0.2, 0.25) is 0 Å². The summed E-state index contributed by atoms with van der Waals surface area (Å²) in [6.45, 7) is 1.87. The number of amides is 1. The van der Waals surface area contributed by atoms with Crippen molar-refractivity contribution >= 4 is 38.2 Å². The van der Waals surface area contributed by atoms with E-state index in [0.29, 0.717) is 16.5 Å². The largest absolute Gasteiger partial charge is 0.457 e. The number of hydrogen-bond donors (Lipinski definition) is 1. The van der Waals surface area contributed by atoms with Gasteiger partial charge in [-0.05, 0) is 42.8 Å². The highest BCUT2D eigenvalue weighted by Gasteiger charge is 2.16. The van der Waals surface area contributed by atoms with Gasteiger partial charge in [0.15, 0.2) is 5.13 Å². The van der Waals surface area contributed by atoms with Crippen molar-refractivity contribution in [2.75, 3.05) is 5.32 Å². The van der Waals surface area contributed by atoms with Crippen LogP contribution in [0.25, 0.3) is 15.9 Å². The number of rotatable bonds is 4. The minimum atomic E-state index is -0.548. The molecule has 2 aromatic carbocycles. The van der Waals surface area contributed by atoms with Crippen LogP contribution in [0.15, 0.2) is 77.9 Å². The quantitative estimate of drug-likeness (QED) is 0.450. The van der Waals surface area contributed by atoms with Gasteiger partial charge in [0.25, 0.3) is 11.5 Å². The Balaban J connectivity index is 1.41. The molecule has 0 aliphatic heterocycles. The number of ether oxygens (including phenoxy) is 1. The maximum absolute atomic E-state index is 12.7. The molecular weight excluding hydrogens is 412 g/mol. The molecule has 7 nitrogen and oxygen atoms in total. The molecule has 0 radical (unpaired) electrons. The molecule has 0 spiro atoms. The lowest BCUT2D eigenvalue weighted by atomic mass is 10.3. The lowest BCUT2D eigenvalue weighted by Crippen LogP contribution is -2.26. The van der Waals surface area contributed by atoms with Gasteiger partial charge in [-0.15, -0.1) is 0 Å². The molecule has 0 fully saturated rings. The Labute approximate surface area is 180 Å². The van der Waals surface area contributed by atoms with Crippen LogP contribution in [-0.4, -0.2) is 20.3 Å². The maximum atomic E-state index is 12.7. The van der Waals surface area contributed by atoms with Crippen molar-refractivity contribution in [2.24, 2.45) is 0 Å². The first-order chi connectivity index (χ1) is 15.1. The van der Waals surface area contributed by atoms with Gasteiger partial charge in [-0.2, -0.15) is 0 Å². The molecule has 5 rings (SSSR count). The molecular formula is C23H16N4O3S. The highest BCUT2D eigenvalue weighted by Crippen LogP contribution is 2.31. The van der Waals surface area contributed by atoms with Gasteiger partial charge < -0.3 is 4.74 Å². The van der Waals surface area contributed by atoms with E-state index in [4.69, 9.17) is 4.74 Å². The van der Waals surface area contributed by atoms with Gasteiger partial charge in [0.05, 0.1) is 10.2 Å². The third-order valence-corrected chi connectivity index (χ3v) is 5.59. The third-order valence-electron chi connectivity index (χ3n) is 4.65. The van der Waals surface area contributed by atoms with E-state index >= 15 is 0 Å². The molecule has 0 unspecified atom stereocenters. The first kappa shape index (κ1) is 19.0. The number of anilines is 1. The molecule has 3 aromatic heterocycles. The molecule has 5 aromatic rings. The normalized spacial score (nSPS) is 11.0. The third kappa shape index (κ3) is 3.76. The number of carbonyl (C=O) groups excluding carboxylic acids is 1. The number of nitrogens with one attached hydrogen (secondary N) is 1. The number of benzene rings is 2. The first-order valence-corrected chi connectivity index (χ1v) is 10.3. The van der Waals surface area contributed by atoms with Crippen LogP contribution < -0.4 is 15.6 Å². The monoisotopic (exact) mass is 428 g/mol. The van der Waals surface area contributed by atoms with Gasteiger partial charge in [0, 0.05) is 18.5 Å². The number of carbonyl (C=O) groups is 1. The number of para-hydroxylation sites is 1.